The normalized spacial score (nSPS) is 34.6. The third-order valence-corrected chi connectivity index (χ3v) is 3.40. The van der Waals surface area contributed by atoms with Crippen LogP contribution < -0.4 is 0 Å². The maximum Gasteiger partial charge on any atom is 0.219 e. The minimum Gasteiger partial charge on any atom is -0.340 e. The number of nitrogens with zero attached hydrogens (tertiary/aromatic N) is 2. The molecule has 1 aliphatic carbocycles. The quantitative estimate of drug-likeness (QED) is 0.627. The Kier molecular flexibility index (Phi) is 2.52. The molecule has 0 spiro atoms. The van der Waals surface area contributed by atoms with Crippen molar-refractivity contribution in [2.75, 3.05) is 13.1 Å². The fraction of sp³-hybridized carbons (Fsp3) is 0.909. The molecule has 0 aromatic rings. The number of rotatable bonds is 1. The maximum atomic E-state index is 11.3. The highest BCUT2D eigenvalue weighted by Crippen LogP contribution is 2.32. The van der Waals surface area contributed by atoms with Crippen LogP contribution in [0.15, 0.2) is 0 Å². The highest BCUT2D eigenvalue weighted by Gasteiger charge is 2.39. The molecule has 0 aromatic carbocycles. The molecule has 14 heavy (non-hydrogen) atoms. The van der Waals surface area contributed by atoms with Gasteiger partial charge in [-0.1, -0.05) is 0 Å². The van der Waals surface area contributed by atoms with Crippen molar-refractivity contribution in [1.29, 1.82) is 0 Å². The van der Waals surface area contributed by atoms with Gasteiger partial charge in [0.05, 0.1) is 0 Å². The Morgan fingerprint density at radius 1 is 1.14 bits per heavy atom. The molecule has 1 unspecified atom stereocenters. The maximum absolute atomic E-state index is 11.3. The topological polar surface area (TPSA) is 23.6 Å². The molecular formula is C11H20N2O. The van der Waals surface area contributed by atoms with Gasteiger partial charge in [-0.3, -0.25) is 9.69 Å². The molecule has 0 N–H and O–H groups in total. The Morgan fingerprint density at radius 3 is 2.00 bits per heavy atom. The molecule has 2 rings (SSSR count). The molecule has 1 aliphatic heterocycles. The summed E-state index contributed by atoms with van der Waals surface area (Å²) in [6.07, 6.45) is 2.71. The molecule has 0 aromatic heterocycles. The third-order valence-electron chi connectivity index (χ3n) is 3.40. The van der Waals surface area contributed by atoms with Crippen molar-refractivity contribution in [1.82, 2.24) is 9.80 Å². The van der Waals surface area contributed by atoms with Crippen LogP contribution in [-0.2, 0) is 4.79 Å². The van der Waals surface area contributed by atoms with E-state index in [-0.39, 0.29) is 5.91 Å². The Labute approximate surface area is 86.1 Å². The van der Waals surface area contributed by atoms with Gasteiger partial charge in [0.1, 0.15) is 0 Å². The van der Waals surface area contributed by atoms with E-state index >= 15 is 0 Å². The van der Waals surface area contributed by atoms with Crippen LogP contribution in [0, 0.1) is 0 Å². The monoisotopic (exact) mass is 196 g/mol. The van der Waals surface area contributed by atoms with E-state index in [0.717, 1.165) is 19.1 Å². The number of hydrogen-bond donors (Lipinski definition) is 0. The van der Waals surface area contributed by atoms with Crippen molar-refractivity contribution < 1.29 is 4.79 Å². The van der Waals surface area contributed by atoms with Crippen molar-refractivity contribution in [3.8, 4) is 0 Å². The van der Waals surface area contributed by atoms with Crippen LogP contribution in [0.25, 0.3) is 0 Å². The first-order valence-corrected chi connectivity index (χ1v) is 5.62. The van der Waals surface area contributed by atoms with E-state index in [0.29, 0.717) is 12.1 Å². The van der Waals surface area contributed by atoms with Crippen molar-refractivity contribution in [3.63, 3.8) is 0 Å². The summed E-state index contributed by atoms with van der Waals surface area (Å²) < 4.78 is 0. The average molecular weight is 196 g/mol. The van der Waals surface area contributed by atoms with Crippen LogP contribution in [0.1, 0.15) is 33.6 Å². The number of hydrogen-bond acceptors (Lipinski definition) is 2. The van der Waals surface area contributed by atoms with E-state index < -0.39 is 0 Å². The van der Waals surface area contributed by atoms with Crippen LogP contribution in [0.4, 0.5) is 0 Å². The second kappa shape index (κ2) is 3.54. The predicted molar refractivity (Wildman–Crippen MR) is 56.0 cm³/mol. The summed E-state index contributed by atoms with van der Waals surface area (Å²) in [5, 5.41) is 0. The first-order valence-electron chi connectivity index (χ1n) is 5.62. The third kappa shape index (κ3) is 1.78. The summed E-state index contributed by atoms with van der Waals surface area (Å²) in [7, 11) is 0. The molecule has 0 radical (unpaired) electrons. The van der Waals surface area contributed by atoms with Gasteiger partial charge in [0, 0.05) is 38.1 Å². The highest BCUT2D eigenvalue weighted by atomic mass is 16.2. The summed E-state index contributed by atoms with van der Waals surface area (Å²) in [6, 6.07) is 1.89. The van der Waals surface area contributed by atoms with Crippen molar-refractivity contribution in [2.24, 2.45) is 0 Å². The molecule has 2 fully saturated rings. The summed E-state index contributed by atoms with van der Waals surface area (Å²) >= 11 is 0. The fourth-order valence-electron chi connectivity index (χ4n) is 2.68. The van der Waals surface area contributed by atoms with Crippen LogP contribution in [0.5, 0.6) is 0 Å². The molecule has 3 heteroatoms. The van der Waals surface area contributed by atoms with Gasteiger partial charge in [-0.15, -0.1) is 0 Å². The second-order valence-electron chi connectivity index (χ2n) is 4.80. The van der Waals surface area contributed by atoms with E-state index in [4.69, 9.17) is 0 Å². The fourth-order valence-corrected chi connectivity index (χ4v) is 2.68. The van der Waals surface area contributed by atoms with E-state index in [1.54, 1.807) is 6.92 Å². The van der Waals surface area contributed by atoms with Crippen LogP contribution in [0.3, 0.4) is 0 Å². The summed E-state index contributed by atoms with van der Waals surface area (Å²) in [5.74, 6) is 0.221. The lowest BCUT2D eigenvalue weighted by atomic mass is 10.1. The van der Waals surface area contributed by atoms with Gasteiger partial charge in [0.15, 0.2) is 0 Å². The molecule has 2 aliphatic rings. The molecule has 1 heterocycles. The van der Waals surface area contributed by atoms with Crippen LogP contribution >= 0.6 is 0 Å². The Morgan fingerprint density at radius 2 is 1.64 bits per heavy atom. The van der Waals surface area contributed by atoms with Gasteiger partial charge in [0.2, 0.25) is 5.91 Å². The Balaban J connectivity index is 2.01. The lowest BCUT2D eigenvalue weighted by Crippen LogP contribution is -2.58. The Hall–Kier alpha value is -0.570. The van der Waals surface area contributed by atoms with Gasteiger partial charge < -0.3 is 4.90 Å². The molecule has 0 bridgehead atoms. The summed E-state index contributed by atoms with van der Waals surface area (Å²) in [5.41, 5.74) is 0. The number of piperazine rings is 1. The molecule has 2 atom stereocenters. The standard InChI is InChI=1S/C11H20N2O/c1-8-6-12(10(3)14)7-9(2)13(8)11-4-5-11/h8-9,11H,4-7H2,1-3H3/t8-,9?/m0/s1. The van der Waals surface area contributed by atoms with Crippen LogP contribution in [-0.4, -0.2) is 46.9 Å². The lowest BCUT2D eigenvalue weighted by molar-refractivity contribution is -0.133. The molecule has 1 saturated heterocycles. The zero-order chi connectivity index (χ0) is 10.3. The van der Waals surface area contributed by atoms with Gasteiger partial charge >= 0.3 is 0 Å². The van der Waals surface area contributed by atoms with Crippen molar-refractivity contribution in [2.45, 2.75) is 51.7 Å². The highest BCUT2D eigenvalue weighted by molar-refractivity contribution is 5.73. The average Bonchev–Trinajstić information content (AvgIpc) is 2.86. The lowest BCUT2D eigenvalue weighted by Gasteiger charge is -2.44. The van der Waals surface area contributed by atoms with E-state index in [1.165, 1.54) is 12.8 Å². The molecule has 3 nitrogen and oxygen atoms in total. The van der Waals surface area contributed by atoms with E-state index in [1.807, 2.05) is 4.90 Å². The zero-order valence-electron chi connectivity index (χ0n) is 9.36. The summed E-state index contributed by atoms with van der Waals surface area (Å²) in [6.45, 7) is 7.98. The molecule has 80 valence electrons. The smallest absolute Gasteiger partial charge is 0.219 e. The van der Waals surface area contributed by atoms with Gasteiger partial charge in [-0.25, -0.2) is 0 Å². The minimum absolute atomic E-state index is 0.221. The predicted octanol–water partition coefficient (Wildman–Crippen LogP) is 1.09. The van der Waals surface area contributed by atoms with Gasteiger partial charge in [-0.2, -0.15) is 0 Å². The number of amides is 1. The van der Waals surface area contributed by atoms with Crippen LogP contribution in [0.2, 0.25) is 0 Å². The summed E-state index contributed by atoms with van der Waals surface area (Å²) in [4.78, 5) is 15.9. The second-order valence-corrected chi connectivity index (χ2v) is 4.80. The first-order chi connectivity index (χ1) is 6.59. The largest absolute Gasteiger partial charge is 0.340 e. The van der Waals surface area contributed by atoms with Gasteiger partial charge in [0.25, 0.3) is 0 Å². The minimum atomic E-state index is 0.221. The zero-order valence-corrected chi connectivity index (χ0v) is 9.36. The van der Waals surface area contributed by atoms with E-state index in [2.05, 4.69) is 18.7 Å². The SMILES string of the molecule is CC(=O)N1CC(C)N(C2CC2)[C@@H](C)C1. The van der Waals surface area contributed by atoms with Gasteiger partial charge in [-0.05, 0) is 26.7 Å². The van der Waals surface area contributed by atoms with Crippen molar-refractivity contribution >= 4 is 5.91 Å². The molecule has 1 amide bonds. The number of carbonyl (C=O) groups excluding carboxylic acids is 1. The number of carbonyl (C=O) groups is 1. The van der Waals surface area contributed by atoms with Crippen molar-refractivity contribution in [3.05, 3.63) is 0 Å². The van der Waals surface area contributed by atoms with E-state index in [9.17, 15) is 4.79 Å². The first kappa shape index (κ1) is 9.97. The Bertz CT molecular complexity index is 225. The molecular weight excluding hydrogens is 176 g/mol. The molecule has 1 saturated carbocycles.